The van der Waals surface area contributed by atoms with Gasteiger partial charge in [0, 0.05) is 46.2 Å². The third-order valence-electron chi connectivity index (χ3n) is 5.86. The summed E-state index contributed by atoms with van der Waals surface area (Å²) >= 11 is 0. The number of piperazine rings is 1. The predicted octanol–water partition coefficient (Wildman–Crippen LogP) is 3.21. The van der Waals surface area contributed by atoms with Crippen LogP contribution in [0.5, 0.6) is 5.75 Å². The number of hydrogen-bond donors (Lipinski definition) is 0. The summed E-state index contributed by atoms with van der Waals surface area (Å²) in [6.45, 7) is 6.45. The lowest BCUT2D eigenvalue weighted by Gasteiger charge is -2.35. The minimum Gasteiger partial charge on any atom is -0.494 e. The molecule has 0 saturated carbocycles. The maximum atomic E-state index is 12.7. The molecule has 0 bridgehead atoms. The number of hydrogen-bond acceptors (Lipinski definition) is 4. The number of benzene rings is 2. The summed E-state index contributed by atoms with van der Waals surface area (Å²) in [6.07, 6.45) is 2.39. The summed E-state index contributed by atoms with van der Waals surface area (Å²) in [4.78, 5) is 31.0. The Morgan fingerprint density at radius 2 is 1.62 bits per heavy atom. The lowest BCUT2D eigenvalue weighted by atomic mass is 10.1. The molecule has 2 amide bonds. The normalized spacial score (nSPS) is 14.2. The molecule has 2 aromatic carbocycles. The van der Waals surface area contributed by atoms with Crippen molar-refractivity contribution in [1.82, 2.24) is 14.7 Å². The molecule has 0 radical (unpaired) electrons. The summed E-state index contributed by atoms with van der Waals surface area (Å²) < 4.78 is 5.47. The number of ether oxygens (including phenoxy) is 1. The van der Waals surface area contributed by atoms with E-state index in [1.807, 2.05) is 61.3 Å². The lowest BCUT2D eigenvalue weighted by Crippen LogP contribution is -2.51. The van der Waals surface area contributed by atoms with Gasteiger partial charge in [0.25, 0.3) is 0 Å². The van der Waals surface area contributed by atoms with Crippen LogP contribution in [0, 0.1) is 0 Å². The van der Waals surface area contributed by atoms with Gasteiger partial charge in [-0.05, 0) is 43.0 Å². The van der Waals surface area contributed by atoms with Crippen LogP contribution in [0.25, 0.3) is 0 Å². The molecule has 0 aliphatic carbocycles. The van der Waals surface area contributed by atoms with Gasteiger partial charge in [0.1, 0.15) is 5.75 Å². The van der Waals surface area contributed by atoms with Gasteiger partial charge >= 0.3 is 0 Å². The topological polar surface area (TPSA) is 53.1 Å². The van der Waals surface area contributed by atoms with Crippen LogP contribution in [0.15, 0.2) is 54.6 Å². The summed E-state index contributed by atoms with van der Waals surface area (Å²) in [5.41, 5.74) is 2.35. The maximum absolute atomic E-state index is 12.7. The van der Waals surface area contributed by atoms with Crippen molar-refractivity contribution in [2.24, 2.45) is 0 Å². The fourth-order valence-electron chi connectivity index (χ4n) is 3.93. The van der Waals surface area contributed by atoms with Crippen LogP contribution >= 0.6 is 0 Å². The minimum absolute atomic E-state index is 0.0986. The molecule has 172 valence electrons. The molecule has 1 saturated heterocycles. The monoisotopic (exact) mass is 437 g/mol. The fourth-order valence-corrected chi connectivity index (χ4v) is 3.93. The highest BCUT2D eigenvalue weighted by molar-refractivity contribution is 5.78. The first kappa shape index (κ1) is 23.8. The summed E-state index contributed by atoms with van der Waals surface area (Å²) in [5, 5.41) is 0. The zero-order valence-electron chi connectivity index (χ0n) is 19.3. The molecule has 0 unspecified atom stereocenters. The van der Waals surface area contributed by atoms with E-state index in [0.717, 1.165) is 37.2 Å². The van der Waals surface area contributed by atoms with Gasteiger partial charge < -0.3 is 14.5 Å². The van der Waals surface area contributed by atoms with Crippen molar-refractivity contribution < 1.29 is 14.3 Å². The SMILES string of the molecule is CCOc1ccc(CN(C)C(=O)CN2CCN(C(=O)CCCc3ccccc3)CC2)cc1. The summed E-state index contributed by atoms with van der Waals surface area (Å²) in [5.74, 6) is 1.17. The van der Waals surface area contributed by atoms with E-state index in [-0.39, 0.29) is 11.8 Å². The molecule has 0 spiro atoms. The molecule has 1 aliphatic rings. The molecule has 32 heavy (non-hydrogen) atoms. The lowest BCUT2D eigenvalue weighted by molar-refractivity contribution is -0.134. The average Bonchev–Trinajstić information content (AvgIpc) is 2.81. The van der Waals surface area contributed by atoms with Gasteiger partial charge in [-0.2, -0.15) is 0 Å². The van der Waals surface area contributed by atoms with Crippen molar-refractivity contribution in [3.63, 3.8) is 0 Å². The molecule has 1 heterocycles. The summed E-state index contributed by atoms with van der Waals surface area (Å²) in [6, 6.07) is 18.2. The molecule has 0 N–H and O–H groups in total. The van der Waals surface area contributed by atoms with Gasteiger partial charge in [-0.15, -0.1) is 0 Å². The van der Waals surface area contributed by atoms with Crippen LogP contribution in [-0.4, -0.2) is 72.9 Å². The largest absolute Gasteiger partial charge is 0.494 e. The number of nitrogens with zero attached hydrogens (tertiary/aromatic N) is 3. The zero-order valence-corrected chi connectivity index (χ0v) is 19.3. The quantitative estimate of drug-likeness (QED) is 0.573. The van der Waals surface area contributed by atoms with Gasteiger partial charge in [0.2, 0.25) is 11.8 Å². The molecule has 6 nitrogen and oxygen atoms in total. The molecular weight excluding hydrogens is 402 g/mol. The highest BCUT2D eigenvalue weighted by Crippen LogP contribution is 2.14. The third kappa shape index (κ3) is 7.38. The second-order valence-electron chi connectivity index (χ2n) is 8.32. The minimum atomic E-state index is 0.0986. The van der Waals surface area contributed by atoms with E-state index in [4.69, 9.17) is 4.74 Å². The van der Waals surface area contributed by atoms with Gasteiger partial charge in [-0.25, -0.2) is 0 Å². The standard InChI is InChI=1S/C26H35N3O3/c1-3-32-24-14-12-23(13-15-24)20-27(2)26(31)21-28-16-18-29(19-17-28)25(30)11-7-10-22-8-5-4-6-9-22/h4-6,8-9,12-15H,3,7,10-11,16-21H2,1-2H3. The Kier molecular flexibility index (Phi) is 9.11. The molecule has 0 aromatic heterocycles. The van der Waals surface area contributed by atoms with Crippen LogP contribution in [0.1, 0.15) is 30.9 Å². The first-order valence-electron chi connectivity index (χ1n) is 11.5. The van der Waals surface area contributed by atoms with E-state index in [1.54, 1.807) is 4.90 Å². The number of amides is 2. The van der Waals surface area contributed by atoms with Crippen molar-refractivity contribution >= 4 is 11.8 Å². The van der Waals surface area contributed by atoms with Crippen molar-refractivity contribution in [1.29, 1.82) is 0 Å². The Labute approximate surface area is 191 Å². The van der Waals surface area contributed by atoms with E-state index in [9.17, 15) is 9.59 Å². The number of likely N-dealkylation sites (N-methyl/N-ethyl adjacent to an activating group) is 1. The van der Waals surface area contributed by atoms with E-state index in [1.165, 1.54) is 5.56 Å². The molecule has 6 heteroatoms. The van der Waals surface area contributed by atoms with E-state index in [2.05, 4.69) is 17.0 Å². The van der Waals surface area contributed by atoms with E-state index in [0.29, 0.717) is 39.2 Å². The van der Waals surface area contributed by atoms with Gasteiger partial charge in [0.15, 0.2) is 0 Å². The molecule has 2 aromatic rings. The van der Waals surface area contributed by atoms with Crippen LogP contribution in [0.2, 0.25) is 0 Å². The number of aryl methyl sites for hydroxylation is 1. The molecule has 1 fully saturated rings. The number of carbonyl (C=O) groups excluding carboxylic acids is 2. The smallest absolute Gasteiger partial charge is 0.236 e. The van der Waals surface area contributed by atoms with Crippen molar-refractivity contribution in [2.45, 2.75) is 32.7 Å². The predicted molar refractivity (Wildman–Crippen MR) is 126 cm³/mol. The first-order valence-corrected chi connectivity index (χ1v) is 11.5. The Bertz CT molecular complexity index is 846. The van der Waals surface area contributed by atoms with Gasteiger partial charge in [0.05, 0.1) is 13.2 Å². The average molecular weight is 438 g/mol. The summed E-state index contributed by atoms with van der Waals surface area (Å²) in [7, 11) is 1.84. The Hall–Kier alpha value is -2.86. The van der Waals surface area contributed by atoms with Gasteiger partial charge in [-0.1, -0.05) is 42.5 Å². The first-order chi connectivity index (χ1) is 15.5. The molecule has 0 atom stereocenters. The van der Waals surface area contributed by atoms with Crippen molar-refractivity contribution in [2.75, 3.05) is 46.4 Å². The highest BCUT2D eigenvalue weighted by atomic mass is 16.5. The Balaban J connectivity index is 1.35. The van der Waals surface area contributed by atoms with Crippen LogP contribution in [-0.2, 0) is 22.6 Å². The zero-order chi connectivity index (χ0) is 22.8. The van der Waals surface area contributed by atoms with Crippen molar-refractivity contribution in [3.8, 4) is 5.75 Å². The van der Waals surface area contributed by atoms with E-state index >= 15 is 0 Å². The number of rotatable bonds is 10. The van der Waals surface area contributed by atoms with Crippen LogP contribution in [0.3, 0.4) is 0 Å². The molecule has 3 rings (SSSR count). The second kappa shape index (κ2) is 12.2. The van der Waals surface area contributed by atoms with E-state index < -0.39 is 0 Å². The third-order valence-corrected chi connectivity index (χ3v) is 5.86. The van der Waals surface area contributed by atoms with Crippen LogP contribution < -0.4 is 4.74 Å². The number of carbonyl (C=O) groups is 2. The molecule has 1 aliphatic heterocycles. The Morgan fingerprint density at radius 3 is 2.28 bits per heavy atom. The molecular formula is C26H35N3O3. The fraction of sp³-hybridized carbons (Fsp3) is 0.462. The second-order valence-corrected chi connectivity index (χ2v) is 8.32. The van der Waals surface area contributed by atoms with Crippen LogP contribution in [0.4, 0.5) is 0 Å². The van der Waals surface area contributed by atoms with Crippen molar-refractivity contribution in [3.05, 3.63) is 65.7 Å². The highest BCUT2D eigenvalue weighted by Gasteiger charge is 2.23. The Morgan fingerprint density at radius 1 is 0.938 bits per heavy atom. The van der Waals surface area contributed by atoms with Gasteiger partial charge in [-0.3, -0.25) is 14.5 Å². The maximum Gasteiger partial charge on any atom is 0.236 e.